The minimum absolute atomic E-state index is 0.680. The molecule has 19 heavy (non-hydrogen) atoms. The summed E-state index contributed by atoms with van der Waals surface area (Å²) >= 11 is 9.72. The number of piperidine rings is 1. The van der Waals surface area contributed by atoms with E-state index >= 15 is 0 Å². The Bertz CT molecular complexity index is 415. The Kier molecular flexibility index (Phi) is 5.55. The molecular formula is C15H21BrClNO. The van der Waals surface area contributed by atoms with Crippen molar-refractivity contribution in [2.24, 2.45) is 5.92 Å². The molecule has 1 aliphatic rings. The number of benzene rings is 1. The summed E-state index contributed by atoms with van der Waals surface area (Å²) in [5.74, 6) is 1.57. The number of nitrogens with zero attached hydrogens (tertiary/aromatic N) is 1. The van der Waals surface area contributed by atoms with Gasteiger partial charge in [0.2, 0.25) is 0 Å². The van der Waals surface area contributed by atoms with Crippen LogP contribution >= 0.6 is 27.5 Å². The van der Waals surface area contributed by atoms with Gasteiger partial charge in [0.15, 0.2) is 5.75 Å². The van der Waals surface area contributed by atoms with E-state index in [-0.39, 0.29) is 0 Å². The van der Waals surface area contributed by atoms with Crippen molar-refractivity contribution in [3.8, 4) is 5.75 Å². The molecule has 4 heteroatoms. The highest BCUT2D eigenvalue weighted by molar-refractivity contribution is 9.10. The summed E-state index contributed by atoms with van der Waals surface area (Å²) in [6, 6.07) is 3.97. The van der Waals surface area contributed by atoms with Crippen LogP contribution in [0.25, 0.3) is 0 Å². The predicted octanol–water partition coefficient (Wildman–Crippen LogP) is 4.52. The lowest BCUT2D eigenvalue weighted by Crippen LogP contribution is -2.37. The van der Waals surface area contributed by atoms with Gasteiger partial charge in [-0.2, -0.15) is 0 Å². The number of rotatable bonds is 4. The van der Waals surface area contributed by atoms with Crippen LogP contribution in [0.5, 0.6) is 5.75 Å². The quantitative estimate of drug-likeness (QED) is 0.794. The molecule has 0 radical (unpaired) electrons. The SMILES string of the molecule is Cc1cc(Cl)c(OCCN2CCC[C@H](C)C2)c(Br)c1. The Morgan fingerprint density at radius 3 is 2.95 bits per heavy atom. The average Bonchev–Trinajstić information content (AvgIpc) is 2.32. The van der Waals surface area contributed by atoms with Crippen LogP contribution in [0.1, 0.15) is 25.3 Å². The largest absolute Gasteiger partial charge is 0.490 e. The number of likely N-dealkylation sites (tertiary alicyclic amines) is 1. The van der Waals surface area contributed by atoms with Crippen molar-refractivity contribution in [2.45, 2.75) is 26.7 Å². The molecule has 1 heterocycles. The lowest BCUT2D eigenvalue weighted by atomic mass is 10.0. The molecule has 1 atom stereocenters. The Hall–Kier alpha value is -0.250. The highest BCUT2D eigenvalue weighted by Crippen LogP contribution is 2.34. The topological polar surface area (TPSA) is 12.5 Å². The molecule has 0 amide bonds. The van der Waals surface area contributed by atoms with Gasteiger partial charge >= 0.3 is 0 Å². The average molecular weight is 347 g/mol. The van der Waals surface area contributed by atoms with Gasteiger partial charge in [-0.1, -0.05) is 18.5 Å². The lowest BCUT2D eigenvalue weighted by molar-refractivity contribution is 0.153. The second-order valence-electron chi connectivity index (χ2n) is 5.45. The molecule has 0 N–H and O–H groups in total. The van der Waals surface area contributed by atoms with Crippen LogP contribution in [0.3, 0.4) is 0 Å². The minimum Gasteiger partial charge on any atom is -0.490 e. The van der Waals surface area contributed by atoms with Crippen LogP contribution < -0.4 is 4.74 Å². The molecule has 0 bridgehead atoms. The fourth-order valence-electron chi connectivity index (χ4n) is 2.59. The molecule has 0 spiro atoms. The zero-order valence-electron chi connectivity index (χ0n) is 11.6. The van der Waals surface area contributed by atoms with E-state index in [1.807, 2.05) is 19.1 Å². The van der Waals surface area contributed by atoms with E-state index in [2.05, 4.69) is 27.8 Å². The first-order valence-corrected chi connectivity index (χ1v) is 8.04. The van der Waals surface area contributed by atoms with E-state index in [0.29, 0.717) is 11.6 Å². The molecule has 0 unspecified atom stereocenters. The summed E-state index contributed by atoms with van der Waals surface area (Å²) in [6.45, 7) is 8.38. The van der Waals surface area contributed by atoms with Crippen molar-refractivity contribution >= 4 is 27.5 Å². The monoisotopic (exact) mass is 345 g/mol. The van der Waals surface area contributed by atoms with Crippen molar-refractivity contribution < 1.29 is 4.74 Å². The summed E-state index contributed by atoms with van der Waals surface area (Å²) in [7, 11) is 0. The first-order chi connectivity index (χ1) is 9.06. The van der Waals surface area contributed by atoms with Crippen molar-refractivity contribution in [3.63, 3.8) is 0 Å². The fourth-order valence-corrected chi connectivity index (χ4v) is 3.72. The van der Waals surface area contributed by atoms with E-state index < -0.39 is 0 Å². The van der Waals surface area contributed by atoms with Crippen molar-refractivity contribution in [1.29, 1.82) is 0 Å². The Balaban J connectivity index is 1.85. The van der Waals surface area contributed by atoms with Gasteiger partial charge in [-0.05, 0) is 65.9 Å². The van der Waals surface area contributed by atoms with E-state index in [1.54, 1.807) is 0 Å². The maximum Gasteiger partial charge on any atom is 0.152 e. The van der Waals surface area contributed by atoms with E-state index in [9.17, 15) is 0 Å². The Labute approximate surface area is 129 Å². The van der Waals surface area contributed by atoms with Gasteiger partial charge in [0.25, 0.3) is 0 Å². The third-order valence-electron chi connectivity index (χ3n) is 3.54. The van der Waals surface area contributed by atoms with Crippen molar-refractivity contribution in [1.82, 2.24) is 4.90 Å². The molecular weight excluding hydrogens is 326 g/mol. The van der Waals surface area contributed by atoms with Crippen LogP contribution in [0.2, 0.25) is 5.02 Å². The Morgan fingerprint density at radius 2 is 2.26 bits per heavy atom. The van der Waals surface area contributed by atoms with Gasteiger partial charge in [0.1, 0.15) is 6.61 Å². The molecule has 2 rings (SSSR count). The first-order valence-electron chi connectivity index (χ1n) is 6.87. The van der Waals surface area contributed by atoms with Gasteiger partial charge in [-0.15, -0.1) is 0 Å². The van der Waals surface area contributed by atoms with Gasteiger partial charge in [0, 0.05) is 13.1 Å². The highest BCUT2D eigenvalue weighted by atomic mass is 79.9. The second kappa shape index (κ2) is 6.96. The summed E-state index contributed by atoms with van der Waals surface area (Å²) in [6.07, 6.45) is 2.66. The molecule has 1 aliphatic heterocycles. The van der Waals surface area contributed by atoms with Crippen LogP contribution in [0.4, 0.5) is 0 Å². The second-order valence-corrected chi connectivity index (χ2v) is 6.72. The molecule has 2 nitrogen and oxygen atoms in total. The summed E-state index contributed by atoms with van der Waals surface area (Å²) in [5, 5.41) is 0.680. The predicted molar refractivity (Wildman–Crippen MR) is 84.2 cm³/mol. The minimum atomic E-state index is 0.680. The van der Waals surface area contributed by atoms with E-state index in [0.717, 1.165) is 28.2 Å². The number of hydrogen-bond acceptors (Lipinski definition) is 2. The third kappa shape index (κ3) is 4.37. The molecule has 106 valence electrons. The number of hydrogen-bond donors (Lipinski definition) is 0. The third-order valence-corrected chi connectivity index (χ3v) is 4.41. The standard InChI is InChI=1S/C15H21BrClNO/c1-11-4-3-5-18(10-11)6-7-19-15-13(16)8-12(2)9-14(15)17/h8-9,11H,3-7,10H2,1-2H3/t11-/m0/s1. The number of aryl methyl sites for hydroxylation is 1. The zero-order chi connectivity index (χ0) is 13.8. The van der Waals surface area contributed by atoms with E-state index in [1.165, 1.54) is 25.9 Å². The van der Waals surface area contributed by atoms with E-state index in [4.69, 9.17) is 16.3 Å². The van der Waals surface area contributed by atoms with Gasteiger partial charge in [-0.3, -0.25) is 4.90 Å². The van der Waals surface area contributed by atoms with Gasteiger partial charge in [0.05, 0.1) is 9.50 Å². The van der Waals surface area contributed by atoms with Crippen LogP contribution in [-0.4, -0.2) is 31.1 Å². The summed E-state index contributed by atoms with van der Waals surface area (Å²) in [4.78, 5) is 2.48. The molecule has 0 aromatic heterocycles. The Morgan fingerprint density at radius 1 is 1.47 bits per heavy atom. The molecule has 1 aromatic carbocycles. The zero-order valence-corrected chi connectivity index (χ0v) is 13.9. The molecule has 0 aliphatic carbocycles. The maximum atomic E-state index is 6.21. The lowest BCUT2D eigenvalue weighted by Gasteiger charge is -2.30. The van der Waals surface area contributed by atoms with Crippen LogP contribution in [-0.2, 0) is 0 Å². The van der Waals surface area contributed by atoms with Crippen LogP contribution in [0, 0.1) is 12.8 Å². The highest BCUT2D eigenvalue weighted by Gasteiger charge is 2.16. The normalized spacial score (nSPS) is 20.5. The van der Waals surface area contributed by atoms with Crippen molar-refractivity contribution in [3.05, 3.63) is 27.2 Å². The number of ether oxygens (including phenoxy) is 1. The molecule has 1 saturated heterocycles. The molecule has 1 aromatic rings. The van der Waals surface area contributed by atoms with Crippen molar-refractivity contribution in [2.75, 3.05) is 26.2 Å². The maximum absolute atomic E-state index is 6.21. The number of halogens is 2. The molecule has 1 fully saturated rings. The fraction of sp³-hybridized carbons (Fsp3) is 0.600. The summed E-state index contributed by atoms with van der Waals surface area (Å²) in [5.41, 5.74) is 1.13. The smallest absolute Gasteiger partial charge is 0.152 e. The first kappa shape index (κ1) is 15.1. The van der Waals surface area contributed by atoms with Gasteiger partial charge < -0.3 is 4.74 Å². The molecule has 0 saturated carbocycles. The van der Waals surface area contributed by atoms with Gasteiger partial charge in [-0.25, -0.2) is 0 Å². The summed E-state index contributed by atoms with van der Waals surface area (Å²) < 4.78 is 6.77. The van der Waals surface area contributed by atoms with Crippen LogP contribution in [0.15, 0.2) is 16.6 Å².